The van der Waals surface area contributed by atoms with Crippen LogP contribution in [0.2, 0.25) is 0 Å². The summed E-state index contributed by atoms with van der Waals surface area (Å²) in [5.41, 5.74) is 1.86. The van der Waals surface area contributed by atoms with Crippen LogP contribution in [0, 0.1) is 35.5 Å². The highest BCUT2D eigenvalue weighted by Crippen LogP contribution is 2.40. The van der Waals surface area contributed by atoms with Crippen LogP contribution in [0.25, 0.3) is 0 Å². The Kier molecular flexibility index (Phi) is 17.4. The van der Waals surface area contributed by atoms with Gasteiger partial charge in [0.2, 0.25) is 5.79 Å². The second-order valence-electron chi connectivity index (χ2n) is 17.7. The SMILES string of the molecule is C=CC[C@@H]1/C=C(\C)C[C@H](C)C[C@H](OC)[C@H]2O[C@@](O)(C(=O)C(=O)N3CCCC[C@H]3C(=O)C[C@H](/C(C)=C/C3CC[C@@H](O)[C@H](OC)C3)[C@H](C)[C@@H](O)CC1=O)[C@H](C)C[C@@H]2OC. The van der Waals surface area contributed by atoms with Crippen molar-refractivity contribution >= 4 is 23.3 Å². The summed E-state index contributed by atoms with van der Waals surface area (Å²) >= 11 is 0. The summed E-state index contributed by atoms with van der Waals surface area (Å²) in [6.45, 7) is 13.5. The highest BCUT2D eigenvalue weighted by molar-refractivity contribution is 6.39. The fraction of sp³-hybridized carbons (Fsp3) is 0.778. The molecule has 3 fully saturated rings. The third-order valence-corrected chi connectivity index (χ3v) is 13.4. The van der Waals surface area contributed by atoms with E-state index in [1.807, 2.05) is 26.8 Å². The van der Waals surface area contributed by atoms with E-state index in [4.69, 9.17) is 18.9 Å². The number of Topliss-reactive ketones (excluding diaryl/α,β-unsaturated/α-hetero) is 3. The maximum atomic E-state index is 14.5. The predicted octanol–water partition coefficient (Wildman–Crippen LogP) is 5.30. The molecule has 2 saturated heterocycles. The van der Waals surface area contributed by atoms with Crippen LogP contribution in [-0.2, 0) is 38.1 Å². The third kappa shape index (κ3) is 11.4. The molecule has 57 heavy (non-hydrogen) atoms. The van der Waals surface area contributed by atoms with Crippen molar-refractivity contribution in [1.82, 2.24) is 4.90 Å². The van der Waals surface area contributed by atoms with Crippen LogP contribution in [0.3, 0.4) is 0 Å². The molecule has 4 aliphatic rings. The molecule has 0 aromatic rings. The van der Waals surface area contributed by atoms with Crippen molar-refractivity contribution in [3.63, 3.8) is 0 Å². The zero-order valence-electron chi connectivity index (χ0n) is 35.7. The minimum Gasteiger partial charge on any atom is -0.392 e. The van der Waals surface area contributed by atoms with Gasteiger partial charge in [-0.15, -0.1) is 6.58 Å². The number of aliphatic hydroxyl groups excluding tert-OH is 2. The summed E-state index contributed by atoms with van der Waals surface area (Å²) in [5, 5.41) is 34.3. The van der Waals surface area contributed by atoms with Crippen LogP contribution >= 0.6 is 0 Å². The van der Waals surface area contributed by atoms with Crippen LogP contribution in [0.4, 0.5) is 0 Å². The molecule has 0 spiro atoms. The average Bonchev–Trinajstić information content (AvgIpc) is 3.18. The van der Waals surface area contributed by atoms with Crippen LogP contribution in [0.1, 0.15) is 112 Å². The number of hydrogen-bond acceptors (Lipinski definition) is 11. The average molecular weight is 802 g/mol. The van der Waals surface area contributed by atoms with Gasteiger partial charge in [0.25, 0.3) is 11.7 Å². The Morgan fingerprint density at radius 2 is 1.56 bits per heavy atom. The first-order valence-electron chi connectivity index (χ1n) is 21.2. The maximum absolute atomic E-state index is 14.5. The minimum atomic E-state index is -2.47. The van der Waals surface area contributed by atoms with E-state index in [-0.39, 0.29) is 55.3 Å². The maximum Gasteiger partial charge on any atom is 0.296 e. The number of carbonyl (C=O) groups excluding carboxylic acids is 4. The first-order chi connectivity index (χ1) is 27.0. The van der Waals surface area contributed by atoms with Gasteiger partial charge in [-0.3, -0.25) is 19.2 Å². The number of ether oxygens (including phenoxy) is 4. The normalized spacial score (nSPS) is 41.1. The Labute approximate surface area is 340 Å². The van der Waals surface area contributed by atoms with Gasteiger partial charge in [0.05, 0.1) is 36.6 Å². The lowest BCUT2D eigenvalue weighted by Gasteiger charge is -2.47. The third-order valence-electron chi connectivity index (χ3n) is 13.4. The van der Waals surface area contributed by atoms with Crippen LogP contribution in [-0.4, -0.2) is 120 Å². The molecule has 12 heteroatoms. The van der Waals surface area contributed by atoms with E-state index < -0.39 is 77.7 Å². The Morgan fingerprint density at radius 3 is 2.21 bits per heavy atom. The van der Waals surface area contributed by atoms with Gasteiger partial charge in [0.15, 0.2) is 5.78 Å². The van der Waals surface area contributed by atoms with Crippen LogP contribution in [0.5, 0.6) is 0 Å². The molecule has 1 aliphatic carbocycles. The van der Waals surface area contributed by atoms with Gasteiger partial charge in [0.1, 0.15) is 11.9 Å². The number of carbonyl (C=O) groups is 4. The second kappa shape index (κ2) is 21.1. The fourth-order valence-corrected chi connectivity index (χ4v) is 9.91. The summed E-state index contributed by atoms with van der Waals surface area (Å²) in [4.78, 5) is 58.3. The molecule has 4 rings (SSSR count). The van der Waals surface area contributed by atoms with Gasteiger partial charge >= 0.3 is 0 Å². The quantitative estimate of drug-likeness (QED) is 0.226. The van der Waals surface area contributed by atoms with Crippen molar-refractivity contribution in [3.8, 4) is 0 Å². The van der Waals surface area contributed by atoms with Gasteiger partial charge in [-0.05, 0) is 102 Å². The van der Waals surface area contributed by atoms with E-state index in [9.17, 15) is 34.5 Å². The van der Waals surface area contributed by atoms with Crippen molar-refractivity contribution < 1.29 is 53.4 Å². The van der Waals surface area contributed by atoms with E-state index in [2.05, 4.69) is 19.6 Å². The minimum absolute atomic E-state index is 0.0264. The number of nitrogens with zero attached hydrogens (tertiary/aromatic N) is 1. The topological polar surface area (TPSA) is 169 Å². The lowest BCUT2D eigenvalue weighted by atomic mass is 9.75. The highest BCUT2D eigenvalue weighted by atomic mass is 16.7. The summed E-state index contributed by atoms with van der Waals surface area (Å²) in [6, 6.07) is -0.920. The van der Waals surface area contributed by atoms with Gasteiger partial charge in [-0.1, -0.05) is 50.1 Å². The monoisotopic (exact) mass is 802 g/mol. The van der Waals surface area contributed by atoms with Crippen molar-refractivity contribution in [3.05, 3.63) is 36.0 Å². The first-order valence-corrected chi connectivity index (χ1v) is 21.2. The highest BCUT2D eigenvalue weighted by Gasteiger charge is 2.56. The van der Waals surface area contributed by atoms with Gasteiger partial charge in [0, 0.05) is 52.6 Å². The molecule has 1 unspecified atom stereocenters. The molecule has 322 valence electrons. The van der Waals surface area contributed by atoms with Crippen molar-refractivity contribution in [2.24, 2.45) is 35.5 Å². The Hall–Kier alpha value is -2.58. The van der Waals surface area contributed by atoms with Gasteiger partial charge < -0.3 is 39.2 Å². The molecule has 0 radical (unpaired) electrons. The molecule has 1 amide bonds. The fourth-order valence-electron chi connectivity index (χ4n) is 9.91. The smallest absolute Gasteiger partial charge is 0.296 e. The number of piperidine rings is 1. The molecule has 3 heterocycles. The Morgan fingerprint density at radius 1 is 0.895 bits per heavy atom. The summed E-state index contributed by atoms with van der Waals surface area (Å²) in [5.74, 6) is -7.13. The first kappa shape index (κ1) is 47.1. The summed E-state index contributed by atoms with van der Waals surface area (Å²) in [7, 11) is 4.66. The molecule has 12 nitrogen and oxygen atoms in total. The Balaban J connectivity index is 1.78. The molecule has 0 aromatic carbocycles. The number of methoxy groups -OCH3 is 3. The van der Waals surface area contributed by atoms with Gasteiger partial charge in [-0.2, -0.15) is 0 Å². The largest absolute Gasteiger partial charge is 0.392 e. The van der Waals surface area contributed by atoms with Crippen molar-refractivity contribution in [2.45, 2.75) is 160 Å². The number of amides is 1. The molecular formula is C45H71NO11. The molecule has 3 N–H and O–H groups in total. The number of rotatable bonds is 7. The molecule has 2 bridgehead atoms. The molecule has 14 atom stereocenters. The molecular weight excluding hydrogens is 730 g/mol. The Bertz CT molecular complexity index is 1480. The number of fused-ring (bicyclic) bond motifs is 3. The standard InChI is InChI=1S/C45H71NO11/c1-10-13-32-19-26(2)18-27(3)20-40(55-8)42-41(56-9)22-29(5)45(53,57-42)43(51)44(52)46-17-12-11-14-34(46)38(50)24-33(30(6)36(48)25-37(32)49)28(4)21-31-15-16-35(47)39(23-31)54-7/h10,19,21,27,29-36,39-42,47-48,53H,1,11-18,20,22-25H2,2-9H3/b26-19+,28-21+/t27-,29+,30-,31?,32+,33+,34-,35+,36-,39+,40-,41-,42+,45+/m0/s1. The summed E-state index contributed by atoms with van der Waals surface area (Å²) in [6.07, 6.45) is 6.92. The lowest BCUT2D eigenvalue weighted by Crippen LogP contribution is -2.64. The van der Waals surface area contributed by atoms with E-state index in [1.54, 1.807) is 27.2 Å². The molecule has 0 aromatic heterocycles. The summed E-state index contributed by atoms with van der Waals surface area (Å²) < 4.78 is 23.6. The van der Waals surface area contributed by atoms with E-state index in [1.165, 1.54) is 12.0 Å². The number of allylic oxidation sites excluding steroid dienone is 5. The van der Waals surface area contributed by atoms with Crippen molar-refractivity contribution in [2.75, 3.05) is 27.9 Å². The number of ketones is 3. The van der Waals surface area contributed by atoms with E-state index in [0.717, 1.165) is 17.6 Å². The lowest BCUT2D eigenvalue weighted by molar-refractivity contribution is -0.302. The molecule has 3 aliphatic heterocycles. The van der Waals surface area contributed by atoms with E-state index in [0.29, 0.717) is 51.4 Å². The van der Waals surface area contributed by atoms with Crippen LogP contribution < -0.4 is 0 Å². The van der Waals surface area contributed by atoms with Gasteiger partial charge in [-0.25, -0.2) is 0 Å². The predicted molar refractivity (Wildman–Crippen MR) is 216 cm³/mol. The zero-order valence-corrected chi connectivity index (χ0v) is 35.7. The molecule has 1 saturated carbocycles. The number of hydrogen-bond donors (Lipinski definition) is 3. The van der Waals surface area contributed by atoms with Crippen molar-refractivity contribution in [1.29, 1.82) is 0 Å². The zero-order chi connectivity index (χ0) is 42.2. The van der Waals surface area contributed by atoms with E-state index >= 15 is 0 Å². The second-order valence-corrected chi connectivity index (χ2v) is 17.7. The van der Waals surface area contributed by atoms with Crippen LogP contribution in [0.15, 0.2) is 36.0 Å². The number of aliphatic hydroxyl groups is 3.